The fraction of sp³-hybridized carbons (Fsp3) is 0.350. The molecule has 3 heterocycles. The molecule has 1 aliphatic heterocycles. The Balaban J connectivity index is 1.47. The molecule has 0 bridgehead atoms. The highest BCUT2D eigenvalue weighted by Crippen LogP contribution is 2.31. The first-order valence-electron chi connectivity index (χ1n) is 9.13. The van der Waals surface area contributed by atoms with E-state index >= 15 is 0 Å². The van der Waals surface area contributed by atoms with Crippen molar-refractivity contribution in [3.8, 4) is 0 Å². The van der Waals surface area contributed by atoms with Gasteiger partial charge in [0.2, 0.25) is 11.8 Å². The molecule has 3 aromatic rings. The van der Waals surface area contributed by atoms with Crippen molar-refractivity contribution in [3.05, 3.63) is 72.2 Å². The van der Waals surface area contributed by atoms with E-state index in [4.69, 9.17) is 4.42 Å². The van der Waals surface area contributed by atoms with Gasteiger partial charge < -0.3 is 13.9 Å². The first kappa shape index (κ1) is 17.5. The van der Waals surface area contributed by atoms with E-state index < -0.39 is 0 Å². The van der Waals surface area contributed by atoms with Gasteiger partial charge in [-0.2, -0.15) is 0 Å². The van der Waals surface area contributed by atoms with Crippen LogP contribution < -0.4 is 0 Å². The van der Waals surface area contributed by atoms with Gasteiger partial charge in [-0.25, -0.2) is 14.4 Å². The number of halogens is 1. The van der Waals surface area contributed by atoms with Crippen LogP contribution >= 0.6 is 0 Å². The number of nitrogens with zero attached hydrogens (tertiary/aromatic N) is 4. The lowest BCUT2D eigenvalue weighted by atomic mass is 10.0. The molecule has 2 aromatic heterocycles. The minimum atomic E-state index is -0.258. The fourth-order valence-electron chi connectivity index (χ4n) is 3.48. The number of hydrogen-bond acceptors (Lipinski definition) is 4. The van der Waals surface area contributed by atoms with Crippen LogP contribution in [0.5, 0.6) is 0 Å². The summed E-state index contributed by atoms with van der Waals surface area (Å²) in [6.07, 6.45) is 10.2. The summed E-state index contributed by atoms with van der Waals surface area (Å²) in [5.74, 6) is 1.07. The molecule has 0 unspecified atom stereocenters. The SMILES string of the molecule is O=C(Cn1ccnc1)N1CCCC[C@H]1c1ncc(Cc2ccc(F)cc2)o1. The van der Waals surface area contributed by atoms with Crippen LogP contribution in [0.3, 0.4) is 0 Å². The molecule has 0 radical (unpaired) electrons. The number of piperidine rings is 1. The molecule has 0 aliphatic carbocycles. The lowest BCUT2D eigenvalue weighted by Gasteiger charge is -2.33. The Morgan fingerprint density at radius 3 is 2.89 bits per heavy atom. The van der Waals surface area contributed by atoms with Crippen LogP contribution in [0.25, 0.3) is 0 Å². The number of imidazole rings is 1. The van der Waals surface area contributed by atoms with Gasteiger partial charge in [-0.1, -0.05) is 12.1 Å². The van der Waals surface area contributed by atoms with Crippen LogP contribution in [-0.4, -0.2) is 31.9 Å². The average molecular weight is 368 g/mol. The van der Waals surface area contributed by atoms with E-state index in [0.717, 1.165) is 24.8 Å². The molecule has 1 aromatic carbocycles. The second kappa shape index (κ2) is 7.73. The Morgan fingerprint density at radius 2 is 2.11 bits per heavy atom. The van der Waals surface area contributed by atoms with E-state index in [1.165, 1.54) is 12.1 Å². The van der Waals surface area contributed by atoms with Crippen LogP contribution in [0, 0.1) is 5.82 Å². The molecule has 1 saturated heterocycles. The number of oxazole rings is 1. The second-order valence-corrected chi connectivity index (χ2v) is 6.80. The smallest absolute Gasteiger partial charge is 0.243 e. The normalized spacial score (nSPS) is 17.2. The highest BCUT2D eigenvalue weighted by atomic mass is 19.1. The summed E-state index contributed by atoms with van der Waals surface area (Å²) in [7, 11) is 0. The van der Waals surface area contributed by atoms with E-state index in [9.17, 15) is 9.18 Å². The molecular weight excluding hydrogens is 347 g/mol. The van der Waals surface area contributed by atoms with Gasteiger partial charge in [0.25, 0.3) is 0 Å². The molecule has 0 N–H and O–H groups in total. The minimum Gasteiger partial charge on any atom is -0.443 e. The lowest BCUT2D eigenvalue weighted by molar-refractivity contribution is -0.136. The summed E-state index contributed by atoms with van der Waals surface area (Å²) in [4.78, 5) is 23.0. The fourth-order valence-corrected chi connectivity index (χ4v) is 3.48. The number of aromatic nitrogens is 3. The molecule has 0 spiro atoms. The number of likely N-dealkylation sites (tertiary alicyclic amines) is 1. The van der Waals surface area contributed by atoms with Crippen molar-refractivity contribution < 1.29 is 13.6 Å². The molecule has 0 saturated carbocycles. The van der Waals surface area contributed by atoms with E-state index in [1.807, 2.05) is 4.90 Å². The maximum atomic E-state index is 13.0. The maximum absolute atomic E-state index is 13.0. The molecule has 1 aliphatic rings. The van der Waals surface area contributed by atoms with Crippen molar-refractivity contribution in [2.45, 2.75) is 38.3 Å². The Bertz CT molecular complexity index is 889. The quantitative estimate of drug-likeness (QED) is 0.693. The van der Waals surface area contributed by atoms with Crippen molar-refractivity contribution in [1.29, 1.82) is 0 Å². The Labute approximate surface area is 156 Å². The van der Waals surface area contributed by atoms with Gasteiger partial charge in [-0.3, -0.25) is 4.79 Å². The third-order valence-corrected chi connectivity index (χ3v) is 4.85. The topological polar surface area (TPSA) is 64.2 Å². The van der Waals surface area contributed by atoms with Crippen LogP contribution in [0.4, 0.5) is 4.39 Å². The predicted octanol–water partition coefficient (Wildman–Crippen LogP) is 3.35. The summed E-state index contributed by atoms with van der Waals surface area (Å²) >= 11 is 0. The highest BCUT2D eigenvalue weighted by Gasteiger charge is 2.31. The van der Waals surface area contributed by atoms with Gasteiger partial charge in [0.15, 0.2) is 0 Å². The Morgan fingerprint density at radius 1 is 1.26 bits per heavy atom. The Hall–Kier alpha value is -2.96. The Kier molecular flexibility index (Phi) is 5.00. The van der Waals surface area contributed by atoms with Crippen molar-refractivity contribution in [2.75, 3.05) is 6.54 Å². The summed E-state index contributed by atoms with van der Waals surface area (Å²) in [6.45, 7) is 0.966. The lowest BCUT2D eigenvalue weighted by Crippen LogP contribution is -2.40. The largest absolute Gasteiger partial charge is 0.443 e. The van der Waals surface area contributed by atoms with Gasteiger partial charge in [-0.15, -0.1) is 0 Å². The van der Waals surface area contributed by atoms with E-state index in [-0.39, 0.29) is 24.3 Å². The second-order valence-electron chi connectivity index (χ2n) is 6.80. The van der Waals surface area contributed by atoms with Crippen molar-refractivity contribution in [2.24, 2.45) is 0 Å². The molecule has 7 heteroatoms. The summed E-state index contributed by atoms with van der Waals surface area (Å²) in [5, 5.41) is 0. The molecule has 1 fully saturated rings. The van der Waals surface area contributed by atoms with Crippen LogP contribution in [0.1, 0.15) is 42.5 Å². The molecule has 1 amide bonds. The third-order valence-electron chi connectivity index (χ3n) is 4.85. The number of carbonyl (C=O) groups excluding carboxylic acids is 1. The number of benzene rings is 1. The number of hydrogen-bond donors (Lipinski definition) is 0. The van der Waals surface area contributed by atoms with E-state index in [1.54, 1.807) is 41.6 Å². The summed E-state index contributed by atoms with van der Waals surface area (Å²) in [5.41, 5.74) is 0.954. The van der Waals surface area contributed by atoms with Crippen LogP contribution in [0.2, 0.25) is 0 Å². The summed E-state index contributed by atoms with van der Waals surface area (Å²) < 4.78 is 20.8. The highest BCUT2D eigenvalue weighted by molar-refractivity contribution is 5.76. The zero-order valence-electron chi connectivity index (χ0n) is 14.9. The molecule has 27 heavy (non-hydrogen) atoms. The monoisotopic (exact) mass is 368 g/mol. The first-order valence-corrected chi connectivity index (χ1v) is 9.13. The van der Waals surface area contributed by atoms with Gasteiger partial charge >= 0.3 is 0 Å². The molecule has 1 atom stereocenters. The van der Waals surface area contributed by atoms with Crippen molar-refractivity contribution in [3.63, 3.8) is 0 Å². The molecule has 4 rings (SSSR count). The minimum absolute atomic E-state index is 0.0379. The van der Waals surface area contributed by atoms with Crippen LogP contribution in [0.15, 0.2) is 53.6 Å². The van der Waals surface area contributed by atoms with Crippen molar-refractivity contribution in [1.82, 2.24) is 19.4 Å². The van der Waals surface area contributed by atoms with Crippen molar-refractivity contribution >= 4 is 5.91 Å². The molecule has 6 nitrogen and oxygen atoms in total. The average Bonchev–Trinajstić information content (AvgIpc) is 3.36. The maximum Gasteiger partial charge on any atom is 0.243 e. The van der Waals surface area contributed by atoms with Crippen LogP contribution in [-0.2, 0) is 17.8 Å². The predicted molar refractivity (Wildman–Crippen MR) is 96.2 cm³/mol. The first-order chi connectivity index (χ1) is 13.2. The number of amides is 1. The van der Waals surface area contributed by atoms with Gasteiger partial charge in [0.05, 0.1) is 12.5 Å². The van der Waals surface area contributed by atoms with Gasteiger partial charge in [0, 0.05) is 25.4 Å². The number of rotatable bonds is 5. The van der Waals surface area contributed by atoms with E-state index in [0.29, 0.717) is 24.6 Å². The summed E-state index contributed by atoms with van der Waals surface area (Å²) in [6, 6.07) is 6.20. The third kappa shape index (κ3) is 4.07. The van der Waals surface area contributed by atoms with Gasteiger partial charge in [-0.05, 0) is 37.0 Å². The molecule has 140 valence electrons. The zero-order chi connectivity index (χ0) is 18.6. The standard InChI is InChI=1S/C20H21FN4O2/c21-16-6-4-15(5-7-16)11-17-12-23-20(27-17)18-3-1-2-9-25(18)19(26)13-24-10-8-22-14-24/h4-8,10,12,14,18H,1-3,9,11,13H2/t18-/m0/s1. The molecular formula is C20H21FN4O2. The zero-order valence-corrected chi connectivity index (χ0v) is 14.9. The van der Waals surface area contributed by atoms with E-state index in [2.05, 4.69) is 9.97 Å². The number of carbonyl (C=O) groups is 1. The van der Waals surface area contributed by atoms with Gasteiger partial charge in [0.1, 0.15) is 24.2 Å².